The maximum atomic E-state index is 11.7. The molecule has 5 heteroatoms. The van der Waals surface area contributed by atoms with Crippen LogP contribution in [-0.2, 0) is 9.53 Å². The van der Waals surface area contributed by atoms with E-state index in [2.05, 4.69) is 5.32 Å². The lowest BCUT2D eigenvalue weighted by molar-refractivity contribution is -0.125. The minimum atomic E-state index is -0.425. The van der Waals surface area contributed by atoms with E-state index >= 15 is 0 Å². The molecule has 1 aliphatic rings. The van der Waals surface area contributed by atoms with Crippen molar-refractivity contribution in [2.24, 2.45) is 0 Å². The number of carbonyl (C=O) groups excluding carboxylic acids is 2. The summed E-state index contributed by atoms with van der Waals surface area (Å²) in [5.74, 6) is -0.622. The first-order chi connectivity index (χ1) is 9.25. The van der Waals surface area contributed by atoms with Gasteiger partial charge in [-0.1, -0.05) is 31.7 Å². The van der Waals surface area contributed by atoms with E-state index in [1.807, 2.05) is 5.38 Å². The van der Waals surface area contributed by atoms with Gasteiger partial charge >= 0.3 is 5.97 Å². The van der Waals surface area contributed by atoms with Crippen LogP contribution in [0.25, 0.3) is 0 Å². The fourth-order valence-electron chi connectivity index (χ4n) is 2.29. The summed E-state index contributed by atoms with van der Waals surface area (Å²) in [7, 11) is 0. The highest BCUT2D eigenvalue weighted by Crippen LogP contribution is 2.17. The predicted molar refractivity (Wildman–Crippen MR) is 74.2 cm³/mol. The molecule has 1 amide bonds. The van der Waals surface area contributed by atoms with Crippen molar-refractivity contribution in [3.8, 4) is 0 Å². The van der Waals surface area contributed by atoms with E-state index in [9.17, 15) is 9.59 Å². The molecule has 0 aliphatic heterocycles. The summed E-state index contributed by atoms with van der Waals surface area (Å²) in [5.41, 5.74) is 0. The first kappa shape index (κ1) is 14.1. The maximum Gasteiger partial charge on any atom is 0.348 e. The quantitative estimate of drug-likeness (QED) is 0.682. The van der Waals surface area contributed by atoms with Gasteiger partial charge in [-0.2, -0.15) is 0 Å². The average molecular weight is 281 g/mol. The molecule has 1 aromatic heterocycles. The van der Waals surface area contributed by atoms with Crippen LogP contribution in [0.15, 0.2) is 17.5 Å². The summed E-state index contributed by atoms with van der Waals surface area (Å²) in [4.78, 5) is 23.8. The van der Waals surface area contributed by atoms with Gasteiger partial charge in [0.25, 0.3) is 5.91 Å². The second-order valence-corrected chi connectivity index (χ2v) is 5.76. The minimum Gasteiger partial charge on any atom is -0.451 e. The molecule has 104 valence electrons. The van der Waals surface area contributed by atoms with E-state index in [0.29, 0.717) is 4.88 Å². The smallest absolute Gasteiger partial charge is 0.348 e. The lowest BCUT2D eigenvalue weighted by Gasteiger charge is -2.15. The Bertz CT molecular complexity index is 408. The van der Waals surface area contributed by atoms with Crippen LogP contribution in [0.4, 0.5) is 0 Å². The maximum absolute atomic E-state index is 11.7. The number of hydrogen-bond donors (Lipinski definition) is 1. The Kier molecular flexibility index (Phi) is 5.39. The second kappa shape index (κ2) is 7.28. The van der Waals surface area contributed by atoms with Crippen LogP contribution >= 0.6 is 11.3 Å². The summed E-state index contributed by atoms with van der Waals surface area (Å²) in [6.45, 7) is -0.187. The molecule has 19 heavy (non-hydrogen) atoms. The van der Waals surface area contributed by atoms with Gasteiger partial charge in [0, 0.05) is 6.04 Å². The Morgan fingerprint density at radius 3 is 2.63 bits per heavy atom. The molecule has 1 saturated carbocycles. The lowest BCUT2D eigenvalue weighted by atomic mass is 10.1. The Hall–Kier alpha value is -1.36. The molecule has 0 bridgehead atoms. The molecule has 0 unspecified atom stereocenters. The molecule has 0 radical (unpaired) electrons. The summed E-state index contributed by atoms with van der Waals surface area (Å²) in [5, 5.41) is 4.75. The number of ether oxygens (including phenoxy) is 1. The van der Waals surface area contributed by atoms with Crippen LogP contribution in [0.5, 0.6) is 0 Å². The highest BCUT2D eigenvalue weighted by atomic mass is 32.1. The van der Waals surface area contributed by atoms with Gasteiger partial charge in [-0.15, -0.1) is 11.3 Å². The third kappa shape index (κ3) is 4.67. The zero-order chi connectivity index (χ0) is 13.5. The van der Waals surface area contributed by atoms with E-state index in [-0.39, 0.29) is 18.6 Å². The van der Waals surface area contributed by atoms with Crippen molar-refractivity contribution < 1.29 is 14.3 Å². The number of esters is 1. The molecule has 2 rings (SSSR count). The van der Waals surface area contributed by atoms with Crippen molar-refractivity contribution in [3.63, 3.8) is 0 Å². The number of carbonyl (C=O) groups is 2. The molecule has 1 aliphatic carbocycles. The molecule has 0 atom stereocenters. The van der Waals surface area contributed by atoms with Crippen LogP contribution < -0.4 is 5.32 Å². The SMILES string of the molecule is O=C(COC(=O)c1cccs1)NC1CCCCCC1. The molecule has 0 aromatic carbocycles. The molecule has 1 aromatic rings. The molecule has 1 heterocycles. The molecule has 0 spiro atoms. The van der Waals surface area contributed by atoms with Crippen molar-refractivity contribution in [2.45, 2.75) is 44.6 Å². The van der Waals surface area contributed by atoms with Gasteiger partial charge in [-0.3, -0.25) is 4.79 Å². The molecular formula is C14H19NO3S. The Labute approximate surface area is 117 Å². The van der Waals surface area contributed by atoms with Gasteiger partial charge in [-0.25, -0.2) is 4.79 Å². The second-order valence-electron chi connectivity index (χ2n) is 4.81. The number of amides is 1. The van der Waals surface area contributed by atoms with Crippen molar-refractivity contribution >= 4 is 23.2 Å². The molecule has 0 saturated heterocycles. The topological polar surface area (TPSA) is 55.4 Å². The Morgan fingerprint density at radius 2 is 2.00 bits per heavy atom. The average Bonchev–Trinajstić information content (AvgIpc) is 2.82. The number of thiophene rings is 1. The normalized spacial score (nSPS) is 16.6. The van der Waals surface area contributed by atoms with Crippen molar-refractivity contribution in [3.05, 3.63) is 22.4 Å². The summed E-state index contributed by atoms with van der Waals surface area (Å²) < 4.78 is 4.98. The third-order valence-corrected chi connectivity index (χ3v) is 4.13. The molecule has 1 fully saturated rings. The largest absolute Gasteiger partial charge is 0.451 e. The fraction of sp³-hybridized carbons (Fsp3) is 0.571. The fourth-order valence-corrected chi connectivity index (χ4v) is 2.91. The Balaban J connectivity index is 1.70. The van der Waals surface area contributed by atoms with Crippen molar-refractivity contribution in [1.82, 2.24) is 5.32 Å². The van der Waals surface area contributed by atoms with E-state index < -0.39 is 5.97 Å². The molecule has 4 nitrogen and oxygen atoms in total. The third-order valence-electron chi connectivity index (χ3n) is 3.28. The first-order valence-corrected chi connectivity index (χ1v) is 7.63. The lowest BCUT2D eigenvalue weighted by Crippen LogP contribution is -2.37. The zero-order valence-electron chi connectivity index (χ0n) is 10.9. The van der Waals surface area contributed by atoms with Gasteiger partial charge in [-0.05, 0) is 24.3 Å². The van der Waals surface area contributed by atoms with Crippen molar-refractivity contribution in [2.75, 3.05) is 6.61 Å². The van der Waals surface area contributed by atoms with E-state index in [4.69, 9.17) is 4.74 Å². The van der Waals surface area contributed by atoms with E-state index in [1.165, 1.54) is 37.0 Å². The minimum absolute atomic E-state index is 0.187. The van der Waals surface area contributed by atoms with Crippen LogP contribution in [-0.4, -0.2) is 24.5 Å². The first-order valence-electron chi connectivity index (χ1n) is 6.75. The van der Waals surface area contributed by atoms with Gasteiger partial charge in [0.2, 0.25) is 0 Å². The molecule has 1 N–H and O–H groups in total. The Morgan fingerprint density at radius 1 is 1.26 bits per heavy atom. The standard InChI is InChI=1S/C14H19NO3S/c16-13(15-11-6-3-1-2-4-7-11)10-18-14(17)12-8-5-9-19-12/h5,8-9,11H,1-4,6-7,10H2,(H,15,16). The summed E-state index contributed by atoms with van der Waals surface area (Å²) >= 11 is 1.31. The highest BCUT2D eigenvalue weighted by Gasteiger charge is 2.16. The van der Waals surface area contributed by atoms with Crippen molar-refractivity contribution in [1.29, 1.82) is 0 Å². The van der Waals surface area contributed by atoms with Gasteiger partial charge in [0.05, 0.1) is 0 Å². The number of rotatable bonds is 4. The van der Waals surface area contributed by atoms with Crippen LogP contribution in [0.2, 0.25) is 0 Å². The van der Waals surface area contributed by atoms with E-state index in [1.54, 1.807) is 12.1 Å². The van der Waals surface area contributed by atoms with Crippen LogP contribution in [0, 0.1) is 0 Å². The van der Waals surface area contributed by atoms with Gasteiger partial charge < -0.3 is 10.1 Å². The van der Waals surface area contributed by atoms with Gasteiger partial charge in [0.15, 0.2) is 6.61 Å². The number of hydrogen-bond acceptors (Lipinski definition) is 4. The molecular weight excluding hydrogens is 262 g/mol. The highest BCUT2D eigenvalue weighted by molar-refractivity contribution is 7.11. The van der Waals surface area contributed by atoms with Gasteiger partial charge in [0.1, 0.15) is 4.88 Å². The zero-order valence-corrected chi connectivity index (χ0v) is 11.7. The number of nitrogens with one attached hydrogen (secondary N) is 1. The summed E-state index contributed by atoms with van der Waals surface area (Å²) in [6.07, 6.45) is 6.90. The van der Waals surface area contributed by atoms with Crippen LogP contribution in [0.1, 0.15) is 48.2 Å². The predicted octanol–water partition coefficient (Wildman–Crippen LogP) is 2.74. The van der Waals surface area contributed by atoms with Crippen LogP contribution in [0.3, 0.4) is 0 Å². The monoisotopic (exact) mass is 281 g/mol. The summed E-state index contributed by atoms with van der Waals surface area (Å²) in [6, 6.07) is 3.72. The van der Waals surface area contributed by atoms with E-state index in [0.717, 1.165) is 12.8 Å².